The minimum absolute atomic E-state index is 0.0627. The van der Waals surface area contributed by atoms with Crippen molar-refractivity contribution in [3.8, 4) is 0 Å². The summed E-state index contributed by atoms with van der Waals surface area (Å²) in [6, 6.07) is 7.59. The van der Waals surface area contributed by atoms with Crippen molar-refractivity contribution in [3.05, 3.63) is 42.2 Å². The van der Waals surface area contributed by atoms with Gasteiger partial charge in [0.2, 0.25) is 5.91 Å². The Labute approximate surface area is 127 Å². The summed E-state index contributed by atoms with van der Waals surface area (Å²) < 4.78 is 3.49. The maximum atomic E-state index is 11.9. The molecule has 0 unspecified atom stereocenters. The monoisotopic (exact) mass is 298 g/mol. The van der Waals surface area contributed by atoms with E-state index >= 15 is 0 Å². The lowest BCUT2D eigenvalue weighted by molar-refractivity contribution is -0.121. The van der Waals surface area contributed by atoms with Crippen LogP contribution in [0.1, 0.15) is 12.0 Å². The molecular formula is C15H18N6O. The Bertz CT molecular complexity index is 775. The number of nitrogens with one attached hydrogen (secondary N) is 1. The smallest absolute Gasteiger partial charge is 0.241 e. The van der Waals surface area contributed by atoms with Gasteiger partial charge in [-0.25, -0.2) is 4.68 Å². The highest BCUT2D eigenvalue weighted by molar-refractivity contribution is 5.79. The highest BCUT2D eigenvalue weighted by atomic mass is 16.2. The predicted octanol–water partition coefficient (Wildman–Crippen LogP) is 1.14. The molecule has 0 fully saturated rings. The number of aromatic nitrogens is 5. The number of fused-ring (bicyclic) bond motifs is 1. The fourth-order valence-corrected chi connectivity index (χ4v) is 2.28. The zero-order chi connectivity index (χ0) is 15.4. The minimum Gasteiger partial charge on any atom is -0.354 e. The lowest BCUT2D eigenvalue weighted by Gasteiger charge is -2.06. The van der Waals surface area contributed by atoms with E-state index in [0.29, 0.717) is 6.54 Å². The van der Waals surface area contributed by atoms with E-state index in [9.17, 15) is 4.79 Å². The van der Waals surface area contributed by atoms with Gasteiger partial charge in [0.15, 0.2) is 0 Å². The molecule has 0 aliphatic carbocycles. The zero-order valence-electron chi connectivity index (χ0n) is 12.4. The quantitative estimate of drug-likeness (QED) is 0.692. The molecule has 2 aromatic heterocycles. The van der Waals surface area contributed by atoms with Crippen molar-refractivity contribution in [2.45, 2.75) is 26.4 Å². The van der Waals surface area contributed by atoms with Crippen LogP contribution in [0.3, 0.4) is 0 Å². The molecule has 22 heavy (non-hydrogen) atoms. The first-order valence-electron chi connectivity index (χ1n) is 7.26. The predicted molar refractivity (Wildman–Crippen MR) is 82.1 cm³/mol. The van der Waals surface area contributed by atoms with Crippen LogP contribution in [-0.4, -0.2) is 37.2 Å². The third-order valence-electron chi connectivity index (χ3n) is 3.36. The Hall–Kier alpha value is -2.70. The average Bonchev–Trinajstić information content (AvgIpc) is 3.11. The number of benzene rings is 1. The van der Waals surface area contributed by atoms with Gasteiger partial charge in [0, 0.05) is 19.3 Å². The molecule has 0 saturated heterocycles. The number of carbonyl (C=O) groups excluding carboxylic acids is 1. The van der Waals surface area contributed by atoms with Crippen molar-refractivity contribution in [2.24, 2.45) is 0 Å². The van der Waals surface area contributed by atoms with E-state index in [0.717, 1.165) is 29.6 Å². The zero-order valence-corrected chi connectivity index (χ0v) is 12.4. The number of rotatable bonds is 6. The van der Waals surface area contributed by atoms with Crippen molar-refractivity contribution < 1.29 is 4.79 Å². The van der Waals surface area contributed by atoms with Gasteiger partial charge in [-0.05, 0) is 31.0 Å². The molecular weight excluding hydrogens is 280 g/mol. The molecule has 0 aliphatic rings. The van der Waals surface area contributed by atoms with Crippen LogP contribution in [-0.2, 0) is 17.9 Å². The fraction of sp³-hybridized carbons (Fsp3) is 0.333. The second kappa shape index (κ2) is 6.38. The highest BCUT2D eigenvalue weighted by Crippen LogP contribution is 2.09. The summed E-state index contributed by atoms with van der Waals surface area (Å²) in [5.74, 6) is -0.0627. The first-order chi connectivity index (χ1) is 10.7. The van der Waals surface area contributed by atoms with E-state index in [4.69, 9.17) is 0 Å². The Morgan fingerprint density at radius 1 is 1.32 bits per heavy atom. The Balaban J connectivity index is 1.46. The molecule has 1 N–H and O–H groups in total. The lowest BCUT2D eigenvalue weighted by atomic mass is 10.3. The second-order valence-electron chi connectivity index (χ2n) is 5.22. The van der Waals surface area contributed by atoms with Gasteiger partial charge in [0.05, 0.1) is 11.7 Å². The van der Waals surface area contributed by atoms with Crippen LogP contribution in [0.4, 0.5) is 0 Å². The summed E-state index contributed by atoms with van der Waals surface area (Å²) in [7, 11) is 0. The molecule has 0 spiro atoms. The fourth-order valence-electron chi connectivity index (χ4n) is 2.28. The largest absolute Gasteiger partial charge is 0.354 e. The molecule has 3 rings (SSSR count). The third kappa shape index (κ3) is 3.30. The van der Waals surface area contributed by atoms with Gasteiger partial charge >= 0.3 is 0 Å². The summed E-state index contributed by atoms with van der Waals surface area (Å²) in [5, 5.41) is 15.1. The Morgan fingerprint density at radius 3 is 3.00 bits per heavy atom. The summed E-state index contributed by atoms with van der Waals surface area (Å²) in [4.78, 5) is 11.9. The van der Waals surface area contributed by atoms with E-state index in [1.165, 1.54) is 0 Å². The molecule has 0 saturated carbocycles. The molecule has 1 amide bonds. The van der Waals surface area contributed by atoms with Gasteiger partial charge in [0.1, 0.15) is 12.1 Å². The van der Waals surface area contributed by atoms with E-state index < -0.39 is 0 Å². The number of aryl methyl sites for hydroxylation is 2. The van der Waals surface area contributed by atoms with Crippen molar-refractivity contribution in [1.29, 1.82) is 0 Å². The molecule has 7 heteroatoms. The molecule has 2 heterocycles. The van der Waals surface area contributed by atoms with Crippen LogP contribution in [0.25, 0.3) is 11.0 Å². The van der Waals surface area contributed by atoms with E-state index in [2.05, 4.69) is 20.7 Å². The number of hydrogen-bond donors (Lipinski definition) is 1. The first-order valence-corrected chi connectivity index (χ1v) is 7.26. The molecule has 114 valence electrons. The second-order valence-corrected chi connectivity index (χ2v) is 5.22. The van der Waals surface area contributed by atoms with Gasteiger partial charge in [-0.15, -0.1) is 5.10 Å². The van der Waals surface area contributed by atoms with E-state index in [-0.39, 0.29) is 12.5 Å². The topological polar surface area (TPSA) is 77.6 Å². The standard InChI is InChI=1S/C15H18N6O/c1-12-9-17-20(10-12)8-4-7-16-15(22)11-21-14-6-3-2-5-13(14)18-19-21/h2-3,5-6,9-10H,4,7-8,11H2,1H3,(H,16,22). The number of nitrogens with zero attached hydrogens (tertiary/aromatic N) is 5. The van der Waals surface area contributed by atoms with Crippen molar-refractivity contribution in [3.63, 3.8) is 0 Å². The van der Waals surface area contributed by atoms with Gasteiger partial charge in [-0.2, -0.15) is 5.10 Å². The number of amides is 1. The first kappa shape index (κ1) is 14.2. The van der Waals surface area contributed by atoms with Gasteiger partial charge < -0.3 is 5.32 Å². The van der Waals surface area contributed by atoms with Crippen LogP contribution in [0.5, 0.6) is 0 Å². The minimum atomic E-state index is -0.0627. The Kier molecular flexibility index (Phi) is 4.13. The van der Waals surface area contributed by atoms with Gasteiger partial charge in [-0.3, -0.25) is 9.48 Å². The van der Waals surface area contributed by atoms with E-state index in [1.807, 2.05) is 48.3 Å². The number of hydrogen-bond acceptors (Lipinski definition) is 4. The molecule has 1 aromatic carbocycles. The van der Waals surface area contributed by atoms with Crippen LogP contribution >= 0.6 is 0 Å². The summed E-state index contributed by atoms with van der Waals surface area (Å²) >= 11 is 0. The normalized spacial score (nSPS) is 11.0. The highest BCUT2D eigenvalue weighted by Gasteiger charge is 2.07. The molecule has 0 radical (unpaired) electrons. The number of para-hydroxylation sites is 1. The lowest BCUT2D eigenvalue weighted by Crippen LogP contribution is -2.29. The van der Waals surface area contributed by atoms with Crippen LogP contribution < -0.4 is 5.32 Å². The third-order valence-corrected chi connectivity index (χ3v) is 3.36. The van der Waals surface area contributed by atoms with Crippen molar-refractivity contribution in [2.75, 3.05) is 6.54 Å². The van der Waals surface area contributed by atoms with Crippen molar-refractivity contribution in [1.82, 2.24) is 30.1 Å². The Morgan fingerprint density at radius 2 is 2.18 bits per heavy atom. The molecule has 3 aromatic rings. The molecule has 0 atom stereocenters. The molecule has 0 aliphatic heterocycles. The molecule has 0 bridgehead atoms. The number of carbonyl (C=O) groups is 1. The summed E-state index contributed by atoms with van der Waals surface area (Å²) in [6.45, 7) is 3.60. The maximum Gasteiger partial charge on any atom is 0.241 e. The van der Waals surface area contributed by atoms with Crippen molar-refractivity contribution >= 4 is 16.9 Å². The molecule has 7 nitrogen and oxygen atoms in total. The van der Waals surface area contributed by atoms with Gasteiger partial charge in [-0.1, -0.05) is 17.3 Å². The average molecular weight is 298 g/mol. The SMILES string of the molecule is Cc1cnn(CCCNC(=O)Cn2nnc3ccccc32)c1. The van der Waals surface area contributed by atoms with E-state index in [1.54, 1.807) is 4.68 Å². The van der Waals surface area contributed by atoms with Gasteiger partial charge in [0.25, 0.3) is 0 Å². The van der Waals surface area contributed by atoms with Crippen LogP contribution in [0.15, 0.2) is 36.7 Å². The summed E-state index contributed by atoms with van der Waals surface area (Å²) in [6.07, 6.45) is 4.66. The van der Waals surface area contributed by atoms with Crippen LogP contribution in [0, 0.1) is 6.92 Å². The summed E-state index contributed by atoms with van der Waals surface area (Å²) in [5.41, 5.74) is 2.80. The maximum absolute atomic E-state index is 11.9. The van der Waals surface area contributed by atoms with Crippen LogP contribution in [0.2, 0.25) is 0 Å².